The predicted octanol–water partition coefficient (Wildman–Crippen LogP) is 3.04. The van der Waals surface area contributed by atoms with Gasteiger partial charge < -0.3 is 16.0 Å². The van der Waals surface area contributed by atoms with Crippen LogP contribution in [0.5, 0.6) is 0 Å². The summed E-state index contributed by atoms with van der Waals surface area (Å²) in [5.41, 5.74) is 8.20. The van der Waals surface area contributed by atoms with E-state index in [1.807, 2.05) is 52.0 Å². The molecule has 1 atom stereocenters. The van der Waals surface area contributed by atoms with E-state index in [0.717, 1.165) is 24.0 Å². The monoisotopic (exact) mass is 395 g/mol. The first-order valence-corrected chi connectivity index (χ1v) is 9.72. The molecule has 1 aromatic rings. The summed E-state index contributed by atoms with van der Waals surface area (Å²) in [6.45, 7) is 9.04. The van der Waals surface area contributed by atoms with Gasteiger partial charge in [0.25, 0.3) is 0 Å². The highest BCUT2D eigenvalue weighted by Crippen LogP contribution is 2.25. The van der Waals surface area contributed by atoms with Crippen LogP contribution in [0.1, 0.15) is 58.1 Å². The summed E-state index contributed by atoms with van der Waals surface area (Å²) in [6, 6.07) is 7.59. The average molecular weight is 396 g/mol. The first-order valence-electron chi connectivity index (χ1n) is 9.72. The largest absolute Gasteiger partial charge is 0.352 e. The van der Waals surface area contributed by atoms with Crippen LogP contribution in [0.3, 0.4) is 0 Å². The number of carbonyl (C=O) groups excluding carboxylic acids is 2. The molecule has 152 valence electrons. The summed E-state index contributed by atoms with van der Waals surface area (Å²) in [5, 5.41) is 3.01. The maximum atomic E-state index is 12.9. The molecule has 6 heteroatoms. The molecule has 1 unspecified atom stereocenters. The van der Waals surface area contributed by atoms with E-state index in [1.54, 1.807) is 4.90 Å². The highest BCUT2D eigenvalue weighted by atomic mass is 35.5. The van der Waals surface area contributed by atoms with Gasteiger partial charge in [-0.2, -0.15) is 0 Å². The molecule has 0 bridgehead atoms. The molecule has 2 rings (SSSR count). The van der Waals surface area contributed by atoms with Gasteiger partial charge in [0, 0.05) is 31.5 Å². The molecule has 0 saturated carbocycles. The van der Waals surface area contributed by atoms with Crippen molar-refractivity contribution in [3.8, 4) is 0 Å². The number of carbonyl (C=O) groups is 2. The van der Waals surface area contributed by atoms with Crippen LogP contribution < -0.4 is 11.1 Å². The van der Waals surface area contributed by atoms with Crippen LogP contribution in [0.2, 0.25) is 0 Å². The fourth-order valence-electron chi connectivity index (χ4n) is 3.37. The highest BCUT2D eigenvalue weighted by Gasteiger charge is 2.35. The first-order chi connectivity index (χ1) is 12.3. The van der Waals surface area contributed by atoms with Crippen molar-refractivity contribution >= 4 is 24.2 Å². The van der Waals surface area contributed by atoms with Gasteiger partial charge in [0.2, 0.25) is 11.8 Å². The standard InChI is InChI=1S/C21H33N3O2.ClH/c1-5-21(22,6-2)14-23-20(26)18-12-16-9-7-8-10-17(16)13-24(18)19(25)11-15(3)4;/h7-10,15,18H,5-6,11-14,22H2,1-4H3,(H,23,26);1H. The molecule has 0 radical (unpaired) electrons. The SMILES string of the molecule is CCC(N)(CC)CNC(=O)C1Cc2ccccc2CN1C(=O)CC(C)C.Cl. The Kier molecular flexibility index (Phi) is 8.76. The fraction of sp³-hybridized carbons (Fsp3) is 0.619. The smallest absolute Gasteiger partial charge is 0.243 e. The third kappa shape index (κ3) is 5.94. The molecule has 3 N–H and O–H groups in total. The van der Waals surface area contributed by atoms with Crippen LogP contribution in [0.4, 0.5) is 0 Å². The lowest BCUT2D eigenvalue weighted by atomic mass is 9.91. The third-order valence-electron chi connectivity index (χ3n) is 5.48. The van der Waals surface area contributed by atoms with Crippen molar-refractivity contribution < 1.29 is 9.59 Å². The van der Waals surface area contributed by atoms with Gasteiger partial charge in [0.05, 0.1) is 0 Å². The number of hydrogen-bond donors (Lipinski definition) is 2. The molecule has 1 aromatic carbocycles. The molecule has 1 aliphatic heterocycles. The zero-order chi connectivity index (χ0) is 19.3. The second-order valence-electron chi connectivity index (χ2n) is 7.90. The Morgan fingerprint density at radius 2 is 1.81 bits per heavy atom. The number of rotatable bonds is 7. The van der Waals surface area contributed by atoms with E-state index in [2.05, 4.69) is 5.32 Å². The average Bonchev–Trinajstić information content (AvgIpc) is 2.64. The lowest BCUT2D eigenvalue weighted by Crippen LogP contribution is -2.56. The predicted molar refractivity (Wildman–Crippen MR) is 112 cm³/mol. The minimum Gasteiger partial charge on any atom is -0.352 e. The zero-order valence-corrected chi connectivity index (χ0v) is 17.8. The van der Waals surface area contributed by atoms with Crippen molar-refractivity contribution in [1.82, 2.24) is 10.2 Å². The van der Waals surface area contributed by atoms with Crippen molar-refractivity contribution in [2.45, 2.75) is 71.5 Å². The number of halogens is 1. The zero-order valence-electron chi connectivity index (χ0n) is 17.0. The van der Waals surface area contributed by atoms with E-state index in [0.29, 0.717) is 25.9 Å². The number of hydrogen-bond acceptors (Lipinski definition) is 3. The number of nitrogens with one attached hydrogen (secondary N) is 1. The molecular weight excluding hydrogens is 362 g/mol. The molecule has 5 nitrogen and oxygen atoms in total. The van der Waals surface area contributed by atoms with Crippen LogP contribution in [-0.4, -0.2) is 34.8 Å². The van der Waals surface area contributed by atoms with Crippen LogP contribution in [-0.2, 0) is 22.6 Å². The van der Waals surface area contributed by atoms with Crippen molar-refractivity contribution in [1.29, 1.82) is 0 Å². The van der Waals surface area contributed by atoms with E-state index in [1.165, 1.54) is 0 Å². The highest BCUT2D eigenvalue weighted by molar-refractivity contribution is 5.88. The molecule has 1 heterocycles. The van der Waals surface area contributed by atoms with Gasteiger partial charge in [0.1, 0.15) is 6.04 Å². The van der Waals surface area contributed by atoms with Crippen LogP contribution in [0, 0.1) is 5.92 Å². The Hall–Kier alpha value is -1.59. The quantitative estimate of drug-likeness (QED) is 0.745. The molecule has 0 fully saturated rings. The number of fused-ring (bicyclic) bond motifs is 1. The lowest BCUT2D eigenvalue weighted by Gasteiger charge is -2.37. The van der Waals surface area contributed by atoms with Gasteiger partial charge in [-0.15, -0.1) is 12.4 Å². The van der Waals surface area contributed by atoms with Gasteiger partial charge in [-0.3, -0.25) is 9.59 Å². The first kappa shape index (κ1) is 23.4. The van der Waals surface area contributed by atoms with Crippen LogP contribution >= 0.6 is 12.4 Å². The minimum atomic E-state index is -0.464. The minimum absolute atomic E-state index is 0. The van der Waals surface area contributed by atoms with Gasteiger partial charge in [0.15, 0.2) is 0 Å². The lowest BCUT2D eigenvalue weighted by molar-refractivity contribution is -0.142. The van der Waals surface area contributed by atoms with Gasteiger partial charge in [-0.1, -0.05) is 52.0 Å². The molecule has 1 aliphatic rings. The molecular formula is C21H34ClN3O2. The second-order valence-corrected chi connectivity index (χ2v) is 7.90. The van der Waals surface area contributed by atoms with Crippen LogP contribution in [0.25, 0.3) is 0 Å². The number of amides is 2. The van der Waals surface area contributed by atoms with Crippen LogP contribution in [0.15, 0.2) is 24.3 Å². The van der Waals surface area contributed by atoms with Crippen molar-refractivity contribution in [2.75, 3.05) is 6.54 Å². The summed E-state index contributed by atoms with van der Waals surface area (Å²) < 4.78 is 0. The Balaban J connectivity index is 0.00000364. The van der Waals surface area contributed by atoms with Crippen molar-refractivity contribution in [3.05, 3.63) is 35.4 Å². The molecule has 0 spiro atoms. The molecule has 27 heavy (non-hydrogen) atoms. The maximum Gasteiger partial charge on any atom is 0.243 e. The fourth-order valence-corrected chi connectivity index (χ4v) is 3.37. The molecule has 0 aromatic heterocycles. The summed E-state index contributed by atoms with van der Waals surface area (Å²) in [4.78, 5) is 27.4. The van der Waals surface area contributed by atoms with Gasteiger partial charge >= 0.3 is 0 Å². The summed E-state index contributed by atoms with van der Waals surface area (Å²) in [7, 11) is 0. The topological polar surface area (TPSA) is 75.4 Å². The Morgan fingerprint density at radius 1 is 1.22 bits per heavy atom. The number of nitrogens with zero attached hydrogens (tertiary/aromatic N) is 1. The summed E-state index contributed by atoms with van der Waals surface area (Å²) in [6.07, 6.45) is 2.61. The van der Waals surface area contributed by atoms with E-state index >= 15 is 0 Å². The maximum absolute atomic E-state index is 12.9. The number of nitrogens with two attached hydrogens (primary N) is 1. The van der Waals surface area contributed by atoms with E-state index in [-0.39, 0.29) is 30.1 Å². The third-order valence-corrected chi connectivity index (χ3v) is 5.48. The van der Waals surface area contributed by atoms with Crippen molar-refractivity contribution in [3.63, 3.8) is 0 Å². The van der Waals surface area contributed by atoms with Crippen molar-refractivity contribution in [2.24, 2.45) is 11.7 Å². The number of benzene rings is 1. The molecule has 0 saturated heterocycles. The molecule has 0 aliphatic carbocycles. The summed E-state index contributed by atoms with van der Waals surface area (Å²) in [5.74, 6) is 0.202. The molecule has 2 amide bonds. The Bertz CT molecular complexity index is 644. The normalized spacial score (nSPS) is 16.5. The van der Waals surface area contributed by atoms with Gasteiger partial charge in [-0.25, -0.2) is 0 Å². The van der Waals surface area contributed by atoms with E-state index in [9.17, 15) is 9.59 Å². The van der Waals surface area contributed by atoms with Gasteiger partial charge in [-0.05, 0) is 29.9 Å². The second kappa shape index (κ2) is 10.1. The van der Waals surface area contributed by atoms with E-state index in [4.69, 9.17) is 5.73 Å². The summed E-state index contributed by atoms with van der Waals surface area (Å²) >= 11 is 0. The Labute approximate surface area is 169 Å². The Morgan fingerprint density at radius 3 is 2.37 bits per heavy atom. The van der Waals surface area contributed by atoms with E-state index < -0.39 is 11.6 Å².